The van der Waals surface area contributed by atoms with Gasteiger partial charge >= 0.3 is 0 Å². The number of carbonyl (C=O) groups is 1. The van der Waals surface area contributed by atoms with E-state index in [9.17, 15) is 4.79 Å². The molecule has 1 aromatic heterocycles. The zero-order valence-electron chi connectivity index (χ0n) is 16.4. The summed E-state index contributed by atoms with van der Waals surface area (Å²) in [6.45, 7) is 2.40. The molecule has 3 heterocycles. The Hall–Kier alpha value is -2.27. The van der Waals surface area contributed by atoms with Crippen LogP contribution in [0.25, 0.3) is 0 Å². The van der Waals surface area contributed by atoms with Gasteiger partial charge in [0.1, 0.15) is 6.33 Å². The summed E-state index contributed by atoms with van der Waals surface area (Å²) in [5.41, 5.74) is 2.09. The lowest BCUT2D eigenvalue weighted by Crippen LogP contribution is -2.57. The summed E-state index contributed by atoms with van der Waals surface area (Å²) in [6.07, 6.45) is 11.6. The average molecular weight is 377 g/mol. The van der Waals surface area contributed by atoms with Crippen LogP contribution in [0, 0.1) is 5.41 Å². The Morgan fingerprint density at radius 1 is 1.18 bits per heavy atom. The smallest absolute Gasteiger partial charge is 0.257 e. The van der Waals surface area contributed by atoms with Crippen LogP contribution in [0.15, 0.2) is 49.1 Å². The van der Waals surface area contributed by atoms with Crippen molar-refractivity contribution in [2.24, 2.45) is 5.41 Å². The van der Waals surface area contributed by atoms with Crippen molar-refractivity contribution >= 4 is 5.91 Å². The Bertz CT molecular complexity index is 842. The van der Waals surface area contributed by atoms with Crippen molar-refractivity contribution in [1.82, 2.24) is 20.2 Å². The molecule has 1 N–H and O–H groups in total. The van der Waals surface area contributed by atoms with Gasteiger partial charge in [-0.05, 0) is 31.2 Å². The van der Waals surface area contributed by atoms with Crippen LogP contribution in [0.4, 0.5) is 0 Å². The van der Waals surface area contributed by atoms with E-state index in [1.165, 1.54) is 31.2 Å². The summed E-state index contributed by atoms with van der Waals surface area (Å²) < 4.78 is 0. The molecule has 3 aliphatic rings. The lowest BCUT2D eigenvalue weighted by Gasteiger charge is -2.43. The molecule has 5 atom stereocenters. The number of piperidine rings is 1. The van der Waals surface area contributed by atoms with E-state index < -0.39 is 0 Å². The SMILES string of the molecule is C[C@@]12C[C@H]3[C@H](Cc4ccccc4)N[C@@H]1CCCC[C@@H]2N3C(=O)c1cncnc1. The monoisotopic (exact) mass is 376 g/mol. The van der Waals surface area contributed by atoms with Crippen LogP contribution in [-0.4, -0.2) is 44.9 Å². The van der Waals surface area contributed by atoms with E-state index in [1.54, 1.807) is 12.4 Å². The molecule has 1 amide bonds. The summed E-state index contributed by atoms with van der Waals surface area (Å²) in [7, 11) is 0. The standard InChI is InChI=1S/C23H28N4O/c1-23-12-19-18(11-16-7-3-2-4-8-16)26-20(23)9-5-6-10-21(23)27(19)22(28)17-13-24-15-25-14-17/h2-4,7-8,13-15,18-21,26H,5-6,9-12H2,1H3/t18-,19-,20+,21-,23+/m0/s1. The predicted molar refractivity (Wildman–Crippen MR) is 108 cm³/mol. The highest BCUT2D eigenvalue weighted by atomic mass is 16.2. The molecule has 146 valence electrons. The third kappa shape index (κ3) is 2.84. The van der Waals surface area contributed by atoms with Crippen molar-refractivity contribution < 1.29 is 4.79 Å². The predicted octanol–water partition coefficient (Wildman–Crippen LogP) is 3.22. The van der Waals surface area contributed by atoms with E-state index in [4.69, 9.17) is 0 Å². The summed E-state index contributed by atoms with van der Waals surface area (Å²) in [5, 5.41) is 3.99. The van der Waals surface area contributed by atoms with E-state index in [0.29, 0.717) is 17.6 Å². The molecule has 1 aliphatic carbocycles. The molecule has 0 spiro atoms. The highest BCUT2D eigenvalue weighted by Gasteiger charge is 2.60. The van der Waals surface area contributed by atoms with Crippen LogP contribution in [-0.2, 0) is 6.42 Å². The molecule has 2 aliphatic heterocycles. The summed E-state index contributed by atoms with van der Waals surface area (Å²) in [6, 6.07) is 11.9. The number of hydrogen-bond donors (Lipinski definition) is 1. The van der Waals surface area contributed by atoms with Gasteiger partial charge in [0.05, 0.1) is 5.56 Å². The van der Waals surface area contributed by atoms with Crippen molar-refractivity contribution in [3.63, 3.8) is 0 Å². The number of fused-ring (bicyclic) bond motifs is 1. The molecule has 2 bridgehead atoms. The normalized spacial score (nSPS) is 34.1. The molecule has 28 heavy (non-hydrogen) atoms. The molecule has 5 heteroatoms. The lowest BCUT2D eigenvalue weighted by molar-refractivity contribution is 0.0611. The van der Waals surface area contributed by atoms with Gasteiger partial charge in [0.15, 0.2) is 0 Å². The van der Waals surface area contributed by atoms with Crippen LogP contribution >= 0.6 is 0 Å². The molecule has 1 aromatic carbocycles. The minimum atomic E-state index is 0.0988. The number of rotatable bonds is 3. The second kappa shape index (κ2) is 6.96. The quantitative estimate of drug-likeness (QED) is 0.894. The van der Waals surface area contributed by atoms with Gasteiger partial charge in [-0.3, -0.25) is 4.79 Å². The molecule has 5 nitrogen and oxygen atoms in total. The largest absolute Gasteiger partial charge is 0.330 e. The number of likely N-dealkylation sites (tertiary alicyclic amines) is 1. The second-order valence-electron chi connectivity index (χ2n) is 8.93. The third-order valence-corrected chi connectivity index (χ3v) is 7.34. The number of nitrogens with zero attached hydrogens (tertiary/aromatic N) is 3. The number of aromatic nitrogens is 2. The molecule has 0 radical (unpaired) electrons. The molecule has 5 rings (SSSR count). The van der Waals surface area contributed by atoms with Gasteiger partial charge in [0.2, 0.25) is 0 Å². The van der Waals surface area contributed by atoms with Crippen LogP contribution in [0.3, 0.4) is 0 Å². The van der Waals surface area contributed by atoms with Gasteiger partial charge in [-0.1, -0.05) is 50.1 Å². The van der Waals surface area contributed by atoms with Crippen molar-refractivity contribution in [3.8, 4) is 0 Å². The first-order valence-corrected chi connectivity index (χ1v) is 10.5. The summed E-state index contributed by atoms with van der Waals surface area (Å²) >= 11 is 0. The fourth-order valence-corrected chi connectivity index (χ4v) is 5.99. The topological polar surface area (TPSA) is 58.1 Å². The number of carbonyl (C=O) groups excluding carboxylic acids is 1. The number of benzene rings is 1. The van der Waals surface area contributed by atoms with Crippen molar-refractivity contribution in [2.45, 2.75) is 69.6 Å². The Labute approximate surface area is 166 Å². The maximum absolute atomic E-state index is 13.6. The van der Waals surface area contributed by atoms with Gasteiger partial charge in [0, 0.05) is 42.0 Å². The van der Waals surface area contributed by atoms with Crippen molar-refractivity contribution in [3.05, 3.63) is 60.2 Å². The van der Waals surface area contributed by atoms with Gasteiger partial charge < -0.3 is 10.2 Å². The number of nitrogens with one attached hydrogen (secondary N) is 1. The third-order valence-electron chi connectivity index (χ3n) is 7.34. The highest BCUT2D eigenvalue weighted by molar-refractivity contribution is 5.94. The minimum Gasteiger partial charge on any atom is -0.330 e. The van der Waals surface area contributed by atoms with Gasteiger partial charge in [-0.15, -0.1) is 0 Å². The van der Waals surface area contributed by atoms with Crippen LogP contribution in [0.1, 0.15) is 54.9 Å². The molecular weight excluding hydrogens is 348 g/mol. The van der Waals surface area contributed by atoms with E-state index in [-0.39, 0.29) is 23.4 Å². The first kappa shape index (κ1) is 17.8. The van der Waals surface area contributed by atoms with E-state index in [2.05, 4.69) is 57.4 Å². The van der Waals surface area contributed by atoms with E-state index in [0.717, 1.165) is 19.3 Å². The zero-order valence-corrected chi connectivity index (χ0v) is 16.4. The first-order valence-electron chi connectivity index (χ1n) is 10.5. The van der Waals surface area contributed by atoms with Gasteiger partial charge in [-0.2, -0.15) is 0 Å². The van der Waals surface area contributed by atoms with Gasteiger partial charge in [-0.25, -0.2) is 9.97 Å². The highest BCUT2D eigenvalue weighted by Crippen LogP contribution is 2.52. The minimum absolute atomic E-state index is 0.0988. The molecule has 3 fully saturated rings. The van der Waals surface area contributed by atoms with Crippen LogP contribution in [0.2, 0.25) is 0 Å². The summed E-state index contributed by atoms with van der Waals surface area (Å²) in [4.78, 5) is 24.0. The van der Waals surface area contributed by atoms with Gasteiger partial charge in [0.25, 0.3) is 5.91 Å². The Morgan fingerprint density at radius 2 is 1.93 bits per heavy atom. The average Bonchev–Trinajstić information content (AvgIpc) is 2.88. The number of amides is 1. The molecule has 2 aromatic rings. The maximum Gasteiger partial charge on any atom is 0.257 e. The number of hydrogen-bond acceptors (Lipinski definition) is 4. The Balaban J connectivity index is 1.52. The Kier molecular flexibility index (Phi) is 4.43. The molecule has 1 saturated carbocycles. The van der Waals surface area contributed by atoms with E-state index in [1.807, 2.05) is 0 Å². The van der Waals surface area contributed by atoms with Crippen LogP contribution < -0.4 is 5.32 Å². The van der Waals surface area contributed by atoms with Crippen LogP contribution in [0.5, 0.6) is 0 Å². The second-order valence-corrected chi connectivity index (χ2v) is 8.93. The molecule has 2 saturated heterocycles. The van der Waals surface area contributed by atoms with E-state index >= 15 is 0 Å². The zero-order chi connectivity index (χ0) is 19.1. The van der Waals surface area contributed by atoms with Crippen molar-refractivity contribution in [1.29, 1.82) is 0 Å². The maximum atomic E-state index is 13.6. The first-order chi connectivity index (χ1) is 13.7. The fourth-order valence-electron chi connectivity index (χ4n) is 5.99. The molecule has 0 unspecified atom stereocenters. The molecular formula is C23H28N4O. The Morgan fingerprint density at radius 3 is 2.71 bits per heavy atom. The summed E-state index contributed by atoms with van der Waals surface area (Å²) in [5.74, 6) is 0.0988. The lowest BCUT2D eigenvalue weighted by atomic mass is 9.70. The van der Waals surface area contributed by atoms with Crippen molar-refractivity contribution in [2.75, 3.05) is 0 Å². The fraction of sp³-hybridized carbons (Fsp3) is 0.522.